The summed E-state index contributed by atoms with van der Waals surface area (Å²) in [7, 11) is -3.61. The standard InChI is InChI=1S/C32H36F2N5O17P/c1-17-5-6-32(10-23(50-2)36-56-32)22-13-38(17)29(44)25-27(26(42)20(12-39(22)25)28(43)35-11-18-3-4-19(33)9-21(18)34)52-15-54-31(46)51-8-7-37(14-24(40)41)30(45)53-16-55-57(47,48)49/h3-4,9,12,17,22H,5-8,10-11,13-16H2,1-2H3,(H,35,43)(H,40,41)(H2,47,48,49)/t17-,22+,32-/m0/s1. The molecule has 3 atom stereocenters. The fourth-order valence-corrected chi connectivity index (χ4v) is 6.49. The van der Waals surface area contributed by atoms with Gasteiger partial charge in [0, 0.05) is 37.0 Å². The minimum Gasteiger partial charge on any atom is -0.482 e. The maximum Gasteiger partial charge on any atom is 0.511 e. The summed E-state index contributed by atoms with van der Waals surface area (Å²) in [6.07, 6.45) is -0.759. The van der Waals surface area contributed by atoms with Crippen molar-refractivity contribution in [2.75, 3.05) is 46.9 Å². The molecule has 4 N–H and O–H groups in total. The van der Waals surface area contributed by atoms with Crippen LogP contribution >= 0.6 is 7.82 Å². The van der Waals surface area contributed by atoms with E-state index >= 15 is 0 Å². The molecule has 3 aliphatic rings. The van der Waals surface area contributed by atoms with E-state index in [1.165, 1.54) is 16.6 Å². The van der Waals surface area contributed by atoms with Crippen molar-refractivity contribution in [3.63, 3.8) is 0 Å². The number of carbonyl (C=O) groups excluding carboxylic acids is 4. The van der Waals surface area contributed by atoms with E-state index in [1.807, 2.05) is 0 Å². The van der Waals surface area contributed by atoms with Crippen molar-refractivity contribution in [2.24, 2.45) is 5.16 Å². The molecule has 2 aromatic rings. The minimum atomic E-state index is -5.02. The smallest absolute Gasteiger partial charge is 0.482 e. The Labute approximate surface area is 320 Å². The lowest BCUT2D eigenvalue weighted by Crippen LogP contribution is -2.52. The Bertz CT molecular complexity index is 2060. The molecule has 1 spiro atoms. The van der Waals surface area contributed by atoms with Gasteiger partial charge in [-0.15, -0.1) is 0 Å². The normalized spacial score (nSPS) is 19.7. The predicted octanol–water partition coefficient (Wildman–Crippen LogP) is 1.43. The Morgan fingerprint density at radius 3 is 2.56 bits per heavy atom. The first-order valence-electron chi connectivity index (χ1n) is 16.8. The van der Waals surface area contributed by atoms with Crippen molar-refractivity contribution in [1.29, 1.82) is 0 Å². The number of hydrogen-bond donors (Lipinski definition) is 4. The molecule has 25 heteroatoms. The van der Waals surface area contributed by atoms with Gasteiger partial charge in [-0.25, -0.2) is 27.5 Å². The molecule has 0 saturated carbocycles. The van der Waals surface area contributed by atoms with Crippen LogP contribution in [-0.4, -0.2) is 124 Å². The Morgan fingerprint density at radius 2 is 1.89 bits per heavy atom. The zero-order valence-electron chi connectivity index (χ0n) is 30.1. The number of carboxylic acids is 1. The second kappa shape index (κ2) is 17.5. The van der Waals surface area contributed by atoms with E-state index < -0.39 is 118 Å². The number of ether oxygens (including phenoxy) is 5. The SMILES string of the molecule is COC1=NO[C@@]2(CC[C@H](C)N3C[C@H]2n2cc(C(=O)NCc4ccc(F)cc4F)c(=O)c(OCOC(=O)OCCN(CC(=O)O)C(=O)OCOP(=O)(O)O)c2C3=O)C1. The summed E-state index contributed by atoms with van der Waals surface area (Å²) in [6, 6.07) is 1.53. The lowest BCUT2D eigenvalue weighted by atomic mass is 9.85. The molecule has 0 radical (unpaired) electrons. The number of rotatable bonds is 14. The average molecular weight is 832 g/mol. The van der Waals surface area contributed by atoms with Crippen LogP contribution in [0.15, 0.2) is 34.3 Å². The summed E-state index contributed by atoms with van der Waals surface area (Å²) in [6.45, 7) is -3.24. The Balaban J connectivity index is 1.37. The molecule has 57 heavy (non-hydrogen) atoms. The molecule has 22 nitrogen and oxygen atoms in total. The highest BCUT2D eigenvalue weighted by Gasteiger charge is 2.55. The van der Waals surface area contributed by atoms with Crippen molar-refractivity contribution in [3.05, 3.63) is 63.1 Å². The molecule has 310 valence electrons. The third-order valence-electron chi connectivity index (χ3n) is 9.15. The fraction of sp³-hybridized carbons (Fsp3) is 0.469. The van der Waals surface area contributed by atoms with Gasteiger partial charge in [0.1, 0.15) is 30.3 Å². The molecule has 4 heterocycles. The highest BCUT2D eigenvalue weighted by molar-refractivity contribution is 7.46. The topological polar surface area (TPSA) is 281 Å². The summed E-state index contributed by atoms with van der Waals surface area (Å²) < 4.78 is 69.0. The van der Waals surface area contributed by atoms with Gasteiger partial charge in [-0.3, -0.25) is 24.1 Å². The number of methoxy groups -OCH3 is 1. The number of halogens is 2. The zero-order chi connectivity index (χ0) is 41.7. The number of benzene rings is 1. The summed E-state index contributed by atoms with van der Waals surface area (Å²) in [5.41, 5.74) is -3.25. The van der Waals surface area contributed by atoms with E-state index in [1.54, 1.807) is 6.92 Å². The fourth-order valence-electron chi connectivity index (χ4n) is 6.30. The molecule has 1 saturated heterocycles. The predicted molar refractivity (Wildman–Crippen MR) is 181 cm³/mol. The number of hydrogen-bond acceptors (Lipinski definition) is 15. The zero-order valence-corrected chi connectivity index (χ0v) is 31.0. The van der Waals surface area contributed by atoms with Crippen LogP contribution in [0.4, 0.5) is 18.4 Å². The number of phosphoric ester groups is 1. The summed E-state index contributed by atoms with van der Waals surface area (Å²) in [5.74, 6) is -5.49. The number of pyridine rings is 1. The number of carboxylic acid groups (broad SMARTS) is 1. The first-order valence-corrected chi connectivity index (χ1v) is 18.3. The van der Waals surface area contributed by atoms with Crippen LogP contribution in [0.1, 0.15) is 58.6 Å². The number of nitrogens with one attached hydrogen (secondary N) is 1. The lowest BCUT2D eigenvalue weighted by molar-refractivity contribution is -0.138. The quantitative estimate of drug-likeness (QED) is 0.119. The number of carbonyl (C=O) groups is 5. The average Bonchev–Trinajstić information content (AvgIpc) is 3.52. The van der Waals surface area contributed by atoms with Crippen LogP contribution in [0.25, 0.3) is 0 Å². The van der Waals surface area contributed by atoms with Crippen molar-refractivity contribution in [2.45, 2.75) is 50.4 Å². The highest BCUT2D eigenvalue weighted by Crippen LogP contribution is 2.46. The number of aliphatic carboxylic acids is 1. The molecule has 0 unspecified atom stereocenters. The van der Waals surface area contributed by atoms with E-state index in [9.17, 15) is 42.1 Å². The third kappa shape index (κ3) is 9.94. The van der Waals surface area contributed by atoms with Gasteiger partial charge in [0.25, 0.3) is 11.8 Å². The van der Waals surface area contributed by atoms with Crippen LogP contribution in [-0.2, 0) is 44.2 Å². The summed E-state index contributed by atoms with van der Waals surface area (Å²) >= 11 is 0. The Hall–Kier alpha value is -5.84. The maximum atomic E-state index is 14.4. The first kappa shape index (κ1) is 42.3. The van der Waals surface area contributed by atoms with Crippen LogP contribution in [0, 0.1) is 11.6 Å². The number of oxime groups is 1. The second-order valence-corrected chi connectivity index (χ2v) is 14.0. The lowest BCUT2D eigenvalue weighted by Gasteiger charge is -2.42. The monoisotopic (exact) mass is 831 g/mol. The molecule has 1 fully saturated rings. The van der Waals surface area contributed by atoms with Gasteiger partial charge in [0.15, 0.2) is 11.3 Å². The van der Waals surface area contributed by atoms with Crippen LogP contribution in [0.5, 0.6) is 5.75 Å². The van der Waals surface area contributed by atoms with Gasteiger partial charge in [-0.1, -0.05) is 11.2 Å². The minimum absolute atomic E-state index is 0.0512. The van der Waals surface area contributed by atoms with Gasteiger partial charge in [-0.05, 0) is 25.8 Å². The van der Waals surface area contributed by atoms with Gasteiger partial charge < -0.3 is 58.2 Å². The molecule has 5 rings (SSSR count). The molecule has 3 aliphatic heterocycles. The van der Waals surface area contributed by atoms with Crippen molar-refractivity contribution >= 4 is 43.8 Å². The molecule has 1 aromatic heterocycles. The molecule has 0 aliphatic carbocycles. The molecule has 2 bridgehead atoms. The number of phosphoric acid groups is 1. The van der Waals surface area contributed by atoms with E-state index in [2.05, 4.69) is 19.7 Å². The Kier molecular flexibility index (Phi) is 13.0. The van der Waals surface area contributed by atoms with E-state index in [4.69, 9.17) is 38.7 Å². The molecule has 1 aromatic carbocycles. The van der Waals surface area contributed by atoms with Gasteiger partial charge in [0.2, 0.25) is 30.7 Å². The maximum absolute atomic E-state index is 14.4. The third-order valence-corrected chi connectivity index (χ3v) is 9.59. The van der Waals surface area contributed by atoms with Crippen LogP contribution < -0.4 is 15.5 Å². The van der Waals surface area contributed by atoms with Crippen molar-refractivity contribution < 1.29 is 85.3 Å². The summed E-state index contributed by atoms with van der Waals surface area (Å²) in [5, 5.41) is 15.5. The molecule has 3 amide bonds. The van der Waals surface area contributed by atoms with Gasteiger partial charge in [-0.2, -0.15) is 0 Å². The van der Waals surface area contributed by atoms with E-state index in [0.29, 0.717) is 23.8 Å². The van der Waals surface area contributed by atoms with Gasteiger partial charge >= 0.3 is 26.0 Å². The molecular weight excluding hydrogens is 795 g/mol. The summed E-state index contributed by atoms with van der Waals surface area (Å²) in [4.78, 5) is 103. The van der Waals surface area contributed by atoms with Crippen molar-refractivity contribution in [3.8, 4) is 5.75 Å². The largest absolute Gasteiger partial charge is 0.511 e. The Morgan fingerprint density at radius 1 is 1.14 bits per heavy atom. The molecular formula is C32H36F2N5O17P. The number of amides is 3. The van der Waals surface area contributed by atoms with Gasteiger partial charge in [0.05, 0.1) is 26.1 Å². The van der Waals surface area contributed by atoms with E-state index in [-0.39, 0.29) is 36.2 Å². The first-order chi connectivity index (χ1) is 26.9. The second-order valence-electron chi connectivity index (χ2n) is 12.7. The van der Waals surface area contributed by atoms with Crippen LogP contribution in [0.2, 0.25) is 0 Å². The van der Waals surface area contributed by atoms with Crippen molar-refractivity contribution in [1.82, 2.24) is 19.7 Å². The number of nitrogens with zero attached hydrogens (tertiary/aromatic N) is 4. The highest BCUT2D eigenvalue weighted by atomic mass is 31.2. The number of aromatic nitrogens is 1. The van der Waals surface area contributed by atoms with Crippen LogP contribution in [0.3, 0.4) is 0 Å². The van der Waals surface area contributed by atoms with E-state index in [0.717, 1.165) is 18.3 Å². The number of fused-ring (bicyclic) bond motifs is 5.